The van der Waals surface area contributed by atoms with E-state index in [0.29, 0.717) is 34.5 Å². The van der Waals surface area contributed by atoms with E-state index in [-0.39, 0.29) is 31.0 Å². The summed E-state index contributed by atoms with van der Waals surface area (Å²) in [6.45, 7) is 0. The maximum atomic E-state index is 7.75. The van der Waals surface area contributed by atoms with Crippen molar-refractivity contribution in [2.45, 2.75) is 34.5 Å². The molecule has 0 aromatic heterocycles. The SMILES string of the molecule is N=C(N)SCc1c(CSC(=N)N)c(CSC(=N)N)c(CSC(=N)N)c(CSC(=N)N)c1CSC(=N)N. The zero-order valence-corrected chi connectivity index (χ0v) is 24.1. The van der Waals surface area contributed by atoms with Gasteiger partial charge in [-0.05, 0) is 33.4 Å². The molecule has 1 aromatic carbocycles. The van der Waals surface area contributed by atoms with Gasteiger partial charge in [0.05, 0.1) is 0 Å². The Balaban J connectivity index is 4.04. The molecule has 0 unspecified atom stereocenters. The van der Waals surface area contributed by atoms with Crippen LogP contribution in [0.3, 0.4) is 0 Å². The summed E-state index contributed by atoms with van der Waals surface area (Å²) in [5.74, 6) is 2.04. The number of amidine groups is 6. The Labute approximate surface area is 235 Å². The second-order valence-electron chi connectivity index (χ2n) is 6.79. The van der Waals surface area contributed by atoms with Gasteiger partial charge in [0, 0.05) is 34.5 Å². The van der Waals surface area contributed by atoms with E-state index in [4.69, 9.17) is 66.9 Å². The Kier molecular flexibility index (Phi) is 14.4. The first-order valence-electron chi connectivity index (χ1n) is 9.81. The highest BCUT2D eigenvalue weighted by molar-refractivity contribution is 8.14. The lowest BCUT2D eigenvalue weighted by atomic mass is 9.90. The molecule has 0 aliphatic carbocycles. The van der Waals surface area contributed by atoms with Gasteiger partial charge >= 0.3 is 0 Å². The number of nitrogens with one attached hydrogen (secondary N) is 6. The Morgan fingerprint density at radius 1 is 0.333 bits per heavy atom. The third kappa shape index (κ3) is 11.5. The first-order chi connectivity index (χ1) is 16.8. The number of thioether (sulfide) groups is 6. The minimum Gasteiger partial charge on any atom is -0.379 e. The first-order valence-corrected chi connectivity index (χ1v) is 15.7. The normalized spacial score (nSPS) is 10.7. The van der Waals surface area contributed by atoms with E-state index in [1.165, 1.54) is 0 Å². The fraction of sp³-hybridized carbons (Fsp3) is 0.333. The predicted octanol–water partition coefficient (Wildman–Crippen LogP) is 2.45. The van der Waals surface area contributed by atoms with Crippen molar-refractivity contribution in [2.24, 2.45) is 34.4 Å². The van der Waals surface area contributed by atoms with E-state index in [9.17, 15) is 0 Å². The van der Waals surface area contributed by atoms with Crippen molar-refractivity contribution in [1.29, 1.82) is 32.5 Å². The molecule has 0 spiro atoms. The molecule has 18 heteroatoms. The first kappa shape index (κ1) is 32.2. The van der Waals surface area contributed by atoms with Crippen molar-refractivity contribution < 1.29 is 0 Å². The van der Waals surface area contributed by atoms with Crippen LogP contribution >= 0.6 is 70.6 Å². The largest absolute Gasteiger partial charge is 0.379 e. The van der Waals surface area contributed by atoms with Gasteiger partial charge in [0.25, 0.3) is 0 Å². The second kappa shape index (κ2) is 16.1. The van der Waals surface area contributed by atoms with Crippen LogP contribution in [-0.4, -0.2) is 31.0 Å². The van der Waals surface area contributed by atoms with Crippen LogP contribution in [0.1, 0.15) is 33.4 Å². The molecule has 0 bridgehead atoms. The lowest BCUT2D eigenvalue weighted by molar-refractivity contribution is 1.08. The van der Waals surface area contributed by atoms with Crippen LogP contribution in [0, 0.1) is 32.5 Å². The third-order valence-corrected chi connectivity index (χ3v) is 8.88. The highest BCUT2D eigenvalue weighted by atomic mass is 32.2. The molecule has 0 amide bonds. The molecule has 0 heterocycles. The van der Waals surface area contributed by atoms with Crippen molar-refractivity contribution in [3.05, 3.63) is 33.4 Å². The van der Waals surface area contributed by atoms with Gasteiger partial charge in [-0.15, -0.1) is 0 Å². The van der Waals surface area contributed by atoms with Crippen LogP contribution in [0.25, 0.3) is 0 Å². The highest BCUT2D eigenvalue weighted by Gasteiger charge is 2.25. The molecular formula is C18H30N12S6. The molecule has 0 saturated heterocycles. The summed E-state index contributed by atoms with van der Waals surface area (Å²) in [5.41, 5.74) is 39.1. The van der Waals surface area contributed by atoms with Gasteiger partial charge in [0.15, 0.2) is 31.0 Å². The van der Waals surface area contributed by atoms with Crippen molar-refractivity contribution >= 4 is 102 Å². The topological polar surface area (TPSA) is 299 Å². The molecule has 0 atom stereocenters. The smallest absolute Gasteiger partial charge is 0.151 e. The van der Waals surface area contributed by atoms with Gasteiger partial charge in [-0.25, -0.2) is 0 Å². The molecule has 198 valence electrons. The van der Waals surface area contributed by atoms with E-state index >= 15 is 0 Å². The zero-order chi connectivity index (χ0) is 27.4. The minimum atomic E-state index is -0.0686. The summed E-state index contributed by atoms with van der Waals surface area (Å²) in [6, 6.07) is 0. The summed E-state index contributed by atoms with van der Waals surface area (Å²) in [4.78, 5) is 0. The molecule has 0 aliphatic heterocycles. The average molecular weight is 607 g/mol. The molecule has 0 aliphatic rings. The average Bonchev–Trinajstić information content (AvgIpc) is 2.75. The molecule has 36 heavy (non-hydrogen) atoms. The van der Waals surface area contributed by atoms with Crippen molar-refractivity contribution in [3.8, 4) is 0 Å². The molecule has 0 saturated carbocycles. The predicted molar refractivity (Wildman–Crippen MR) is 166 cm³/mol. The Bertz CT molecular complexity index is 815. The molecule has 0 fully saturated rings. The summed E-state index contributed by atoms with van der Waals surface area (Å²) < 4.78 is 0. The van der Waals surface area contributed by atoms with Crippen LogP contribution in [0.15, 0.2) is 0 Å². The quantitative estimate of drug-likeness (QED) is 0.121. The molecule has 1 rings (SSSR count). The maximum absolute atomic E-state index is 7.75. The van der Waals surface area contributed by atoms with Crippen molar-refractivity contribution in [3.63, 3.8) is 0 Å². The molecule has 1 aromatic rings. The molecule has 12 nitrogen and oxygen atoms in total. The standard InChI is InChI=1S/C18H30N12S6/c19-13(20)31-1-7-8(2-32-14(21)22)10(4-34-16(25)26)12(6-36-18(29)30)11(5-35-17(27)28)9(7)3-33-15(23)24/h1-6H2,(H3,19,20)(H3,21,22)(H3,23,24)(H3,25,26)(H3,27,28)(H3,29,30). The lowest BCUT2D eigenvalue weighted by Gasteiger charge is -2.26. The minimum absolute atomic E-state index is 0.0686. The van der Waals surface area contributed by atoms with E-state index in [0.717, 1.165) is 104 Å². The number of nitrogens with two attached hydrogens (primary N) is 6. The maximum Gasteiger partial charge on any atom is 0.151 e. The highest BCUT2D eigenvalue weighted by Crippen LogP contribution is 2.40. The van der Waals surface area contributed by atoms with Crippen LogP contribution in [0.2, 0.25) is 0 Å². The second-order valence-corrected chi connectivity index (χ2v) is 12.9. The summed E-state index contributed by atoms with van der Waals surface area (Å²) in [6.07, 6.45) is 0. The van der Waals surface area contributed by atoms with Gasteiger partial charge in [-0.3, -0.25) is 32.5 Å². The zero-order valence-electron chi connectivity index (χ0n) is 19.2. The van der Waals surface area contributed by atoms with Gasteiger partial charge in [0.2, 0.25) is 0 Å². The summed E-state index contributed by atoms with van der Waals surface area (Å²) >= 11 is 6.82. The van der Waals surface area contributed by atoms with Gasteiger partial charge in [-0.2, -0.15) is 0 Å². The number of hydrogen-bond donors (Lipinski definition) is 12. The number of rotatable bonds is 12. The van der Waals surface area contributed by atoms with Crippen molar-refractivity contribution in [1.82, 2.24) is 0 Å². The Morgan fingerprint density at radius 2 is 0.444 bits per heavy atom. The number of hydrogen-bond acceptors (Lipinski definition) is 12. The lowest BCUT2D eigenvalue weighted by Crippen LogP contribution is -2.17. The monoisotopic (exact) mass is 606 g/mol. The summed E-state index contributed by atoms with van der Waals surface area (Å²) in [7, 11) is 0. The fourth-order valence-electron chi connectivity index (χ4n) is 3.04. The van der Waals surface area contributed by atoms with E-state index in [1.54, 1.807) is 0 Å². The molecular weight excluding hydrogens is 577 g/mol. The van der Waals surface area contributed by atoms with E-state index in [2.05, 4.69) is 0 Å². The summed E-state index contributed by atoms with van der Waals surface area (Å²) in [5, 5.41) is 46.1. The third-order valence-electron chi connectivity index (χ3n) is 4.42. The Hall–Kier alpha value is -1.86. The van der Waals surface area contributed by atoms with Gasteiger partial charge in [-0.1, -0.05) is 70.6 Å². The fourth-order valence-corrected chi connectivity index (χ4v) is 6.93. The van der Waals surface area contributed by atoms with Gasteiger partial charge < -0.3 is 34.4 Å². The van der Waals surface area contributed by atoms with E-state index < -0.39 is 0 Å². The van der Waals surface area contributed by atoms with E-state index in [1.807, 2.05) is 0 Å². The van der Waals surface area contributed by atoms with Crippen LogP contribution in [0.4, 0.5) is 0 Å². The molecule has 18 N–H and O–H groups in total. The van der Waals surface area contributed by atoms with Crippen LogP contribution < -0.4 is 34.4 Å². The Morgan fingerprint density at radius 3 is 0.528 bits per heavy atom. The van der Waals surface area contributed by atoms with Gasteiger partial charge in [0.1, 0.15) is 0 Å². The van der Waals surface area contributed by atoms with Crippen LogP contribution in [-0.2, 0) is 34.5 Å². The number of benzene rings is 1. The van der Waals surface area contributed by atoms with Crippen molar-refractivity contribution in [2.75, 3.05) is 0 Å². The molecule has 0 radical (unpaired) electrons. The van der Waals surface area contributed by atoms with Crippen LogP contribution in [0.5, 0.6) is 0 Å².